The maximum Gasteiger partial charge on any atom is 0.248 e. The lowest BCUT2D eigenvalue weighted by molar-refractivity contribution is -0.177. The summed E-state index contributed by atoms with van der Waals surface area (Å²) < 4.78 is 11.4. The van der Waals surface area contributed by atoms with Crippen LogP contribution in [0, 0.1) is 0 Å². The zero-order valence-corrected chi connectivity index (χ0v) is 11.4. The van der Waals surface area contributed by atoms with Gasteiger partial charge in [0.05, 0.1) is 13.2 Å². The first-order valence-electron chi connectivity index (χ1n) is 7.11. The van der Waals surface area contributed by atoms with Gasteiger partial charge in [-0.25, -0.2) is 0 Å². The number of carbonyl (C=O) groups is 1. The van der Waals surface area contributed by atoms with Gasteiger partial charge in [-0.05, 0) is 37.1 Å². The van der Waals surface area contributed by atoms with Crippen molar-refractivity contribution in [2.75, 3.05) is 18.5 Å². The molecule has 1 heterocycles. The fourth-order valence-corrected chi connectivity index (χ4v) is 2.95. The summed E-state index contributed by atoms with van der Waals surface area (Å²) in [6.07, 6.45) is 3.92. The summed E-state index contributed by atoms with van der Waals surface area (Å²) in [5.74, 6) is -0.708. The number of primary amides is 1. The molecule has 1 saturated carbocycles. The van der Waals surface area contributed by atoms with Crippen LogP contribution in [0.1, 0.15) is 36.0 Å². The molecule has 1 amide bonds. The molecule has 3 rings (SSSR count). The first kappa shape index (κ1) is 13.4. The van der Waals surface area contributed by atoms with Gasteiger partial charge in [0.15, 0.2) is 5.79 Å². The van der Waals surface area contributed by atoms with E-state index in [-0.39, 0.29) is 5.79 Å². The molecule has 5 nitrogen and oxygen atoms in total. The summed E-state index contributed by atoms with van der Waals surface area (Å²) in [5, 5.41) is 3.49. The molecule has 0 unspecified atom stereocenters. The second-order valence-corrected chi connectivity index (χ2v) is 5.47. The third-order valence-electron chi connectivity index (χ3n) is 4.10. The number of hydrogen-bond acceptors (Lipinski definition) is 4. The molecule has 3 N–H and O–H groups in total. The Labute approximate surface area is 118 Å². The number of nitrogens with one attached hydrogen (secondary N) is 1. The Kier molecular flexibility index (Phi) is 3.63. The Morgan fingerprint density at radius 3 is 2.30 bits per heavy atom. The van der Waals surface area contributed by atoms with Gasteiger partial charge in [0.1, 0.15) is 0 Å². The van der Waals surface area contributed by atoms with Crippen molar-refractivity contribution in [3.63, 3.8) is 0 Å². The van der Waals surface area contributed by atoms with Crippen LogP contribution in [0.2, 0.25) is 0 Å². The van der Waals surface area contributed by atoms with Crippen LogP contribution in [0.3, 0.4) is 0 Å². The molecule has 108 valence electrons. The molecule has 1 aromatic rings. The van der Waals surface area contributed by atoms with Crippen LogP contribution in [-0.2, 0) is 9.47 Å². The van der Waals surface area contributed by atoms with E-state index in [1.807, 2.05) is 12.1 Å². The Bertz CT molecular complexity index is 470. The van der Waals surface area contributed by atoms with E-state index >= 15 is 0 Å². The second kappa shape index (κ2) is 5.42. The highest BCUT2D eigenvalue weighted by Crippen LogP contribution is 2.36. The summed E-state index contributed by atoms with van der Waals surface area (Å²) in [6.45, 7) is 1.43. The van der Waals surface area contributed by atoms with E-state index in [9.17, 15) is 4.79 Å². The second-order valence-electron chi connectivity index (χ2n) is 5.47. The lowest BCUT2D eigenvalue weighted by Crippen LogP contribution is -2.39. The van der Waals surface area contributed by atoms with Gasteiger partial charge in [0.25, 0.3) is 0 Å². The van der Waals surface area contributed by atoms with Crippen molar-refractivity contribution in [2.24, 2.45) is 5.73 Å². The van der Waals surface area contributed by atoms with E-state index in [0.29, 0.717) is 24.8 Å². The molecule has 0 aromatic heterocycles. The summed E-state index contributed by atoms with van der Waals surface area (Å²) in [7, 11) is 0. The lowest BCUT2D eigenvalue weighted by atomic mass is 9.90. The predicted octanol–water partition coefficient (Wildman–Crippen LogP) is 1.88. The van der Waals surface area contributed by atoms with Crippen molar-refractivity contribution in [1.29, 1.82) is 0 Å². The van der Waals surface area contributed by atoms with Crippen LogP contribution in [0.25, 0.3) is 0 Å². The Hall–Kier alpha value is -1.59. The molecule has 1 aromatic carbocycles. The highest BCUT2D eigenvalue weighted by atomic mass is 16.7. The molecular formula is C15H20N2O3. The minimum atomic E-state index is -0.397. The lowest BCUT2D eigenvalue weighted by Gasteiger charge is -2.36. The van der Waals surface area contributed by atoms with Crippen molar-refractivity contribution >= 4 is 11.6 Å². The number of benzene rings is 1. The van der Waals surface area contributed by atoms with Gasteiger partial charge in [-0.1, -0.05) is 0 Å². The fourth-order valence-electron chi connectivity index (χ4n) is 2.95. The number of amides is 1. The van der Waals surface area contributed by atoms with Crippen LogP contribution in [0.5, 0.6) is 0 Å². The first-order valence-corrected chi connectivity index (χ1v) is 7.11. The van der Waals surface area contributed by atoms with Crippen molar-refractivity contribution in [1.82, 2.24) is 0 Å². The molecule has 5 heteroatoms. The van der Waals surface area contributed by atoms with Crippen LogP contribution in [0.4, 0.5) is 5.69 Å². The topological polar surface area (TPSA) is 73.6 Å². The highest BCUT2D eigenvalue weighted by molar-refractivity contribution is 5.93. The van der Waals surface area contributed by atoms with Crippen molar-refractivity contribution < 1.29 is 14.3 Å². The van der Waals surface area contributed by atoms with Gasteiger partial charge in [-0.15, -0.1) is 0 Å². The standard InChI is InChI=1S/C15H20N2O3/c16-14(18)11-1-3-12(4-2-11)17-13-5-7-15(8-6-13)19-9-10-20-15/h1-4,13,17H,5-10H2,(H2,16,18). The summed E-state index contributed by atoms with van der Waals surface area (Å²) >= 11 is 0. The van der Waals surface area contributed by atoms with Crippen molar-refractivity contribution in [3.05, 3.63) is 29.8 Å². The third-order valence-corrected chi connectivity index (χ3v) is 4.10. The molecule has 2 fully saturated rings. The molecule has 20 heavy (non-hydrogen) atoms. The molecule has 0 bridgehead atoms. The maximum absolute atomic E-state index is 11.0. The van der Waals surface area contributed by atoms with Crippen molar-refractivity contribution in [2.45, 2.75) is 37.5 Å². The molecule has 1 aliphatic carbocycles. The quantitative estimate of drug-likeness (QED) is 0.884. The number of nitrogens with two attached hydrogens (primary N) is 1. The van der Waals surface area contributed by atoms with Crippen molar-refractivity contribution in [3.8, 4) is 0 Å². The number of hydrogen-bond donors (Lipinski definition) is 2. The molecule has 2 aliphatic rings. The van der Waals surface area contributed by atoms with Gasteiger partial charge >= 0.3 is 0 Å². The zero-order chi connectivity index (χ0) is 14.0. The van der Waals surface area contributed by atoms with E-state index in [2.05, 4.69) is 5.32 Å². The fraction of sp³-hybridized carbons (Fsp3) is 0.533. The molecule has 1 aliphatic heterocycles. The summed E-state index contributed by atoms with van der Waals surface area (Å²) in [4.78, 5) is 11.0. The SMILES string of the molecule is NC(=O)c1ccc(NC2CCC3(CC2)OCCO3)cc1. The summed E-state index contributed by atoms with van der Waals surface area (Å²) in [5.41, 5.74) is 6.78. The summed E-state index contributed by atoms with van der Waals surface area (Å²) in [6, 6.07) is 7.71. The van der Waals surface area contributed by atoms with E-state index in [4.69, 9.17) is 15.2 Å². The largest absolute Gasteiger partial charge is 0.382 e. The minimum absolute atomic E-state index is 0.312. The van der Waals surface area contributed by atoms with Gasteiger partial charge in [-0.3, -0.25) is 4.79 Å². The molecule has 1 saturated heterocycles. The van der Waals surface area contributed by atoms with Crippen LogP contribution < -0.4 is 11.1 Å². The van der Waals surface area contributed by atoms with Gasteiger partial charge < -0.3 is 20.5 Å². The Balaban J connectivity index is 1.55. The van der Waals surface area contributed by atoms with Gasteiger partial charge in [0.2, 0.25) is 5.91 Å². The Morgan fingerprint density at radius 1 is 1.15 bits per heavy atom. The molecule has 0 atom stereocenters. The minimum Gasteiger partial charge on any atom is -0.382 e. The third kappa shape index (κ3) is 2.78. The van der Waals surface area contributed by atoms with E-state index < -0.39 is 5.91 Å². The monoisotopic (exact) mass is 276 g/mol. The molecule has 0 radical (unpaired) electrons. The average Bonchev–Trinajstić information content (AvgIpc) is 2.91. The van der Waals surface area contributed by atoms with E-state index in [1.165, 1.54) is 0 Å². The smallest absolute Gasteiger partial charge is 0.248 e. The van der Waals surface area contributed by atoms with Crippen LogP contribution in [-0.4, -0.2) is 30.9 Å². The van der Waals surface area contributed by atoms with Crippen LogP contribution >= 0.6 is 0 Å². The zero-order valence-electron chi connectivity index (χ0n) is 11.4. The number of ether oxygens (including phenoxy) is 2. The maximum atomic E-state index is 11.0. The highest BCUT2D eigenvalue weighted by Gasteiger charge is 2.40. The van der Waals surface area contributed by atoms with E-state index in [0.717, 1.165) is 31.4 Å². The molecule has 1 spiro atoms. The van der Waals surface area contributed by atoms with Gasteiger partial charge in [0, 0.05) is 30.1 Å². The van der Waals surface area contributed by atoms with Crippen LogP contribution in [0.15, 0.2) is 24.3 Å². The van der Waals surface area contributed by atoms with Gasteiger partial charge in [-0.2, -0.15) is 0 Å². The first-order chi connectivity index (χ1) is 9.67. The number of carbonyl (C=O) groups excluding carboxylic acids is 1. The predicted molar refractivity (Wildman–Crippen MR) is 75.5 cm³/mol. The average molecular weight is 276 g/mol. The number of rotatable bonds is 3. The van der Waals surface area contributed by atoms with E-state index in [1.54, 1.807) is 12.1 Å². The normalized spacial score (nSPS) is 22.0. The molecular weight excluding hydrogens is 256 g/mol. The Morgan fingerprint density at radius 2 is 1.75 bits per heavy atom. The number of anilines is 1.